The van der Waals surface area contributed by atoms with Crippen molar-refractivity contribution in [3.63, 3.8) is 0 Å². The summed E-state index contributed by atoms with van der Waals surface area (Å²) in [5.74, 6) is 0.269. The molecule has 18 heavy (non-hydrogen) atoms. The fraction of sp³-hybridized carbons (Fsp3) is 0.429. The topological polar surface area (TPSA) is 59.3 Å². The lowest BCUT2D eigenvalue weighted by molar-refractivity contribution is -0.117. The minimum Gasteiger partial charge on any atom is -0.490 e. The van der Waals surface area contributed by atoms with E-state index in [-0.39, 0.29) is 5.78 Å². The number of nitriles is 1. The maximum Gasteiger partial charge on any atom is 0.161 e. The predicted octanol–water partition coefficient (Wildman–Crippen LogP) is 2.68. The Morgan fingerprint density at radius 3 is 2.39 bits per heavy atom. The Kier molecular flexibility index (Phi) is 5.19. The van der Waals surface area contributed by atoms with Gasteiger partial charge in [-0.2, -0.15) is 5.26 Å². The zero-order valence-electron chi connectivity index (χ0n) is 10.9. The first kappa shape index (κ1) is 14.0. The summed E-state index contributed by atoms with van der Waals surface area (Å²) in [4.78, 5) is 11.4. The molecule has 0 saturated heterocycles. The van der Waals surface area contributed by atoms with E-state index in [1.807, 2.05) is 19.9 Å². The Hall–Kier alpha value is -2.02. The highest BCUT2D eigenvalue weighted by Gasteiger charge is 2.18. The number of nitrogens with zero attached hydrogens (tertiary/aromatic N) is 1. The zero-order valence-corrected chi connectivity index (χ0v) is 10.9. The van der Waals surface area contributed by atoms with Crippen LogP contribution in [0, 0.1) is 11.3 Å². The smallest absolute Gasteiger partial charge is 0.161 e. The number of carbonyl (C=O) groups is 1. The van der Waals surface area contributed by atoms with Crippen LogP contribution in [-0.4, -0.2) is 19.0 Å². The lowest BCUT2D eigenvalue weighted by atomic mass is 9.97. The molecule has 0 aliphatic heterocycles. The van der Waals surface area contributed by atoms with Crippen LogP contribution in [0.5, 0.6) is 11.5 Å². The number of benzene rings is 1. The van der Waals surface area contributed by atoms with E-state index in [0.29, 0.717) is 30.3 Å². The maximum absolute atomic E-state index is 11.4. The number of ketones is 1. The number of Topliss-reactive ketones (excluding diaryl/α,β-unsaturated/α-hetero) is 1. The van der Waals surface area contributed by atoms with Crippen LogP contribution in [0.2, 0.25) is 0 Å². The molecule has 1 aromatic rings. The van der Waals surface area contributed by atoms with Crippen molar-refractivity contribution >= 4 is 5.78 Å². The number of ether oxygens (including phenoxy) is 2. The molecule has 4 heteroatoms. The molecule has 0 saturated carbocycles. The van der Waals surface area contributed by atoms with Crippen LogP contribution in [0.15, 0.2) is 18.2 Å². The van der Waals surface area contributed by atoms with Crippen LogP contribution in [-0.2, 0) is 4.79 Å². The molecule has 0 aliphatic carbocycles. The van der Waals surface area contributed by atoms with Gasteiger partial charge >= 0.3 is 0 Å². The SMILES string of the molecule is CCOc1ccc([C@H](C#N)C(C)=O)cc1OCC. The third-order valence-corrected chi connectivity index (χ3v) is 2.44. The summed E-state index contributed by atoms with van der Waals surface area (Å²) in [6.45, 7) is 6.20. The van der Waals surface area contributed by atoms with Crippen LogP contribution in [0.25, 0.3) is 0 Å². The molecule has 0 aromatic heterocycles. The second kappa shape index (κ2) is 6.65. The predicted molar refractivity (Wildman–Crippen MR) is 67.8 cm³/mol. The Labute approximate surface area is 107 Å². The molecule has 0 heterocycles. The van der Waals surface area contributed by atoms with Crippen molar-refractivity contribution in [2.24, 2.45) is 0 Å². The Balaban J connectivity index is 3.13. The monoisotopic (exact) mass is 247 g/mol. The van der Waals surface area contributed by atoms with Crippen LogP contribution < -0.4 is 9.47 Å². The molecule has 96 valence electrons. The Bertz CT molecular complexity index is 463. The summed E-state index contributed by atoms with van der Waals surface area (Å²) in [5, 5.41) is 9.00. The molecular weight excluding hydrogens is 230 g/mol. The van der Waals surface area contributed by atoms with Gasteiger partial charge in [-0.05, 0) is 38.5 Å². The van der Waals surface area contributed by atoms with Crippen molar-refractivity contribution in [1.82, 2.24) is 0 Å². The van der Waals surface area contributed by atoms with E-state index >= 15 is 0 Å². The van der Waals surface area contributed by atoms with Gasteiger partial charge in [-0.1, -0.05) is 6.07 Å². The van der Waals surface area contributed by atoms with Gasteiger partial charge in [-0.25, -0.2) is 0 Å². The van der Waals surface area contributed by atoms with Crippen molar-refractivity contribution in [2.75, 3.05) is 13.2 Å². The maximum atomic E-state index is 11.4. The van der Waals surface area contributed by atoms with Crippen LogP contribution >= 0.6 is 0 Å². The van der Waals surface area contributed by atoms with Crippen molar-refractivity contribution in [3.8, 4) is 17.6 Å². The van der Waals surface area contributed by atoms with Gasteiger partial charge in [0.25, 0.3) is 0 Å². The van der Waals surface area contributed by atoms with Crippen LogP contribution in [0.1, 0.15) is 32.3 Å². The molecule has 0 aliphatic rings. The first-order valence-corrected chi connectivity index (χ1v) is 5.93. The standard InChI is InChI=1S/C14H17NO3/c1-4-17-13-7-6-11(8-14(13)18-5-2)12(9-15)10(3)16/h6-8,12H,4-5H2,1-3H3/t12-/m1/s1. The van der Waals surface area contributed by atoms with Gasteiger partial charge in [0.05, 0.1) is 19.3 Å². The average Bonchev–Trinajstić information content (AvgIpc) is 2.33. The second-order valence-corrected chi connectivity index (χ2v) is 3.74. The molecule has 1 atom stereocenters. The number of carbonyl (C=O) groups excluding carboxylic acids is 1. The molecule has 0 N–H and O–H groups in total. The lowest BCUT2D eigenvalue weighted by Gasteiger charge is -2.13. The summed E-state index contributed by atoms with van der Waals surface area (Å²) in [6.07, 6.45) is 0. The molecule has 4 nitrogen and oxygen atoms in total. The summed E-state index contributed by atoms with van der Waals surface area (Å²) in [6, 6.07) is 7.15. The van der Waals surface area contributed by atoms with E-state index in [0.717, 1.165) is 0 Å². The summed E-state index contributed by atoms with van der Waals surface area (Å²) in [5.41, 5.74) is 0.636. The van der Waals surface area contributed by atoms with Gasteiger partial charge < -0.3 is 9.47 Å². The second-order valence-electron chi connectivity index (χ2n) is 3.74. The molecule has 0 radical (unpaired) electrons. The molecule has 0 bridgehead atoms. The molecule has 0 amide bonds. The van der Waals surface area contributed by atoms with Crippen molar-refractivity contribution in [2.45, 2.75) is 26.7 Å². The van der Waals surface area contributed by atoms with Gasteiger partial charge in [-0.15, -0.1) is 0 Å². The lowest BCUT2D eigenvalue weighted by Crippen LogP contribution is -2.07. The van der Waals surface area contributed by atoms with E-state index in [9.17, 15) is 4.79 Å². The summed E-state index contributed by atoms with van der Waals surface area (Å²) >= 11 is 0. The molecule has 1 rings (SSSR count). The highest BCUT2D eigenvalue weighted by molar-refractivity contribution is 5.86. The quantitative estimate of drug-likeness (QED) is 0.775. The Morgan fingerprint density at radius 1 is 1.28 bits per heavy atom. The number of hydrogen-bond donors (Lipinski definition) is 0. The molecule has 1 aromatic carbocycles. The normalized spacial score (nSPS) is 11.4. The average molecular weight is 247 g/mol. The van der Waals surface area contributed by atoms with E-state index in [2.05, 4.69) is 0 Å². The zero-order chi connectivity index (χ0) is 13.5. The van der Waals surface area contributed by atoms with Crippen LogP contribution in [0.3, 0.4) is 0 Å². The fourth-order valence-corrected chi connectivity index (χ4v) is 1.65. The highest BCUT2D eigenvalue weighted by atomic mass is 16.5. The minimum atomic E-state index is -0.750. The first-order valence-electron chi connectivity index (χ1n) is 5.93. The van der Waals surface area contributed by atoms with Gasteiger partial charge in [0, 0.05) is 0 Å². The van der Waals surface area contributed by atoms with Crippen molar-refractivity contribution in [1.29, 1.82) is 5.26 Å². The van der Waals surface area contributed by atoms with Gasteiger partial charge in [0.2, 0.25) is 0 Å². The van der Waals surface area contributed by atoms with Crippen molar-refractivity contribution < 1.29 is 14.3 Å². The van der Waals surface area contributed by atoms with E-state index in [4.69, 9.17) is 14.7 Å². The van der Waals surface area contributed by atoms with Gasteiger partial charge in [0.1, 0.15) is 5.92 Å². The van der Waals surface area contributed by atoms with E-state index < -0.39 is 5.92 Å². The molecule has 0 spiro atoms. The summed E-state index contributed by atoms with van der Waals surface area (Å²) in [7, 11) is 0. The van der Waals surface area contributed by atoms with Gasteiger partial charge in [-0.3, -0.25) is 4.79 Å². The number of rotatable bonds is 6. The molecule has 0 fully saturated rings. The minimum absolute atomic E-state index is 0.177. The summed E-state index contributed by atoms with van der Waals surface area (Å²) < 4.78 is 10.9. The van der Waals surface area contributed by atoms with Crippen molar-refractivity contribution in [3.05, 3.63) is 23.8 Å². The number of hydrogen-bond acceptors (Lipinski definition) is 4. The molecule has 0 unspecified atom stereocenters. The molecular formula is C14H17NO3. The third-order valence-electron chi connectivity index (χ3n) is 2.44. The first-order chi connectivity index (χ1) is 8.63. The van der Waals surface area contributed by atoms with E-state index in [1.165, 1.54) is 6.92 Å². The van der Waals surface area contributed by atoms with Gasteiger partial charge in [0.15, 0.2) is 17.3 Å². The third kappa shape index (κ3) is 3.24. The highest BCUT2D eigenvalue weighted by Crippen LogP contribution is 2.31. The van der Waals surface area contributed by atoms with Crippen LogP contribution in [0.4, 0.5) is 0 Å². The largest absolute Gasteiger partial charge is 0.490 e. The van der Waals surface area contributed by atoms with E-state index in [1.54, 1.807) is 18.2 Å². The Morgan fingerprint density at radius 2 is 1.89 bits per heavy atom. The fourth-order valence-electron chi connectivity index (χ4n) is 1.65.